The Bertz CT molecular complexity index is 1480. The van der Waals surface area contributed by atoms with Crippen LogP contribution in [0.3, 0.4) is 0 Å². The summed E-state index contributed by atoms with van der Waals surface area (Å²) in [5, 5.41) is 0. The van der Waals surface area contributed by atoms with Gasteiger partial charge in [-0.05, 0) is 135 Å². The molecule has 0 aromatic heterocycles. The summed E-state index contributed by atoms with van der Waals surface area (Å²) in [6.07, 6.45) is 75.8. The first kappa shape index (κ1) is 62.5. The van der Waals surface area contributed by atoms with Crippen LogP contribution in [0, 0.1) is 0 Å². The molecule has 0 unspecified atom stereocenters. The van der Waals surface area contributed by atoms with Crippen molar-refractivity contribution in [2.45, 2.75) is 219 Å². The number of esters is 3. The van der Waals surface area contributed by atoms with E-state index < -0.39 is 6.10 Å². The van der Waals surface area contributed by atoms with Gasteiger partial charge in [0.05, 0.1) is 0 Å². The molecule has 6 nitrogen and oxygen atoms in total. The highest BCUT2D eigenvalue weighted by atomic mass is 16.6. The average Bonchev–Trinajstić information content (AvgIpc) is 3.33. The summed E-state index contributed by atoms with van der Waals surface area (Å²) < 4.78 is 16.7. The molecule has 0 heterocycles. The number of carbonyl (C=O) groups is 3. The van der Waals surface area contributed by atoms with Crippen LogP contribution in [0.5, 0.6) is 0 Å². The Morgan fingerprint density at radius 1 is 0.313 bits per heavy atom. The van der Waals surface area contributed by atoms with Gasteiger partial charge in [0, 0.05) is 19.3 Å². The number of ether oxygens (including phenoxy) is 3. The minimum atomic E-state index is -0.824. The number of unbranched alkanes of at least 4 members (excludes halogenated alkanes) is 13. The van der Waals surface area contributed by atoms with Crippen molar-refractivity contribution in [1.82, 2.24) is 0 Å². The molecule has 1 atom stereocenters. The number of rotatable bonds is 46. The van der Waals surface area contributed by atoms with E-state index in [0.29, 0.717) is 19.3 Å². The van der Waals surface area contributed by atoms with Crippen molar-refractivity contribution in [3.63, 3.8) is 0 Å². The summed E-state index contributed by atoms with van der Waals surface area (Å²) in [4.78, 5) is 38.0. The molecule has 6 heteroatoms. The summed E-state index contributed by atoms with van der Waals surface area (Å²) in [6.45, 7) is 6.29. The van der Waals surface area contributed by atoms with Gasteiger partial charge in [0.1, 0.15) is 13.2 Å². The molecule has 0 aliphatic carbocycles. The molecule has 0 aromatic carbocycles. The lowest BCUT2D eigenvalue weighted by Gasteiger charge is -2.18. The number of allylic oxidation sites excluding steroid dienone is 22. The molecule has 0 radical (unpaired) electrons. The second-order valence-electron chi connectivity index (χ2n) is 17.0. The van der Waals surface area contributed by atoms with E-state index in [2.05, 4.69) is 154 Å². The van der Waals surface area contributed by atoms with Crippen LogP contribution in [0.4, 0.5) is 0 Å². The molecule has 0 spiro atoms. The first-order valence-corrected chi connectivity index (χ1v) is 26.7. The quantitative estimate of drug-likeness (QED) is 0.0262. The van der Waals surface area contributed by atoms with Crippen molar-refractivity contribution in [1.29, 1.82) is 0 Å². The second-order valence-corrected chi connectivity index (χ2v) is 17.0. The first-order chi connectivity index (χ1) is 33.0. The standard InChI is InChI=1S/C61H96O6/c1-4-7-10-13-16-19-22-25-28-29-30-31-34-37-40-43-46-49-52-55-61(64)67-58(56-65-59(62)53-50-47-44-41-38-35-32-26-23-20-17-14-11-8-5-2)57-66-60(63)54-51-48-45-42-39-36-33-27-24-21-18-15-12-9-6-3/h8-9,11-12,16-21,25-28,30-33,37-38,40-41,58H,4-7,10,13-15,22-24,29,34-36,39,42-57H2,1-3H3/b11-8-,12-9-,19-16-,20-17-,21-18-,28-25-,31-30-,32-26-,33-27-,40-37-,41-38-/t58-/m1/s1. The summed E-state index contributed by atoms with van der Waals surface area (Å²) in [5.41, 5.74) is 0. The van der Waals surface area contributed by atoms with Gasteiger partial charge in [0.25, 0.3) is 0 Å². The van der Waals surface area contributed by atoms with Gasteiger partial charge in [-0.15, -0.1) is 0 Å². The zero-order chi connectivity index (χ0) is 48.6. The minimum absolute atomic E-state index is 0.118. The van der Waals surface area contributed by atoms with E-state index >= 15 is 0 Å². The lowest BCUT2D eigenvalue weighted by Crippen LogP contribution is -2.30. The van der Waals surface area contributed by atoms with E-state index in [9.17, 15) is 14.4 Å². The Kier molecular flexibility index (Phi) is 50.6. The maximum atomic E-state index is 12.8. The number of carbonyl (C=O) groups excluding carboxylic acids is 3. The predicted octanol–water partition coefficient (Wildman–Crippen LogP) is 17.9. The fourth-order valence-electron chi connectivity index (χ4n) is 6.66. The molecule has 0 N–H and O–H groups in total. The maximum absolute atomic E-state index is 12.8. The molecule has 376 valence electrons. The number of hydrogen-bond acceptors (Lipinski definition) is 6. The molecule has 0 aliphatic heterocycles. The van der Waals surface area contributed by atoms with Gasteiger partial charge in [-0.25, -0.2) is 0 Å². The predicted molar refractivity (Wildman–Crippen MR) is 288 cm³/mol. The molecule has 0 bridgehead atoms. The van der Waals surface area contributed by atoms with Crippen molar-refractivity contribution < 1.29 is 28.6 Å². The lowest BCUT2D eigenvalue weighted by atomic mass is 10.1. The zero-order valence-electron chi connectivity index (χ0n) is 42.9. The van der Waals surface area contributed by atoms with Gasteiger partial charge in [0.2, 0.25) is 0 Å². The fraction of sp³-hybridized carbons (Fsp3) is 0.590. The molecule has 0 aromatic rings. The van der Waals surface area contributed by atoms with E-state index in [0.717, 1.165) is 135 Å². The molecule has 0 fully saturated rings. The van der Waals surface area contributed by atoms with Crippen molar-refractivity contribution in [2.24, 2.45) is 0 Å². The van der Waals surface area contributed by atoms with Gasteiger partial charge in [0.15, 0.2) is 6.10 Å². The Labute approximate surface area is 411 Å². The highest BCUT2D eigenvalue weighted by molar-refractivity contribution is 5.71. The molecular formula is C61H96O6. The lowest BCUT2D eigenvalue weighted by molar-refractivity contribution is -0.167. The van der Waals surface area contributed by atoms with Crippen molar-refractivity contribution >= 4 is 17.9 Å². The maximum Gasteiger partial charge on any atom is 0.306 e. The monoisotopic (exact) mass is 925 g/mol. The summed E-state index contributed by atoms with van der Waals surface area (Å²) in [6, 6.07) is 0. The fourth-order valence-corrected chi connectivity index (χ4v) is 6.66. The third-order valence-corrected chi connectivity index (χ3v) is 10.6. The average molecular weight is 925 g/mol. The molecule has 0 rings (SSSR count). The third-order valence-electron chi connectivity index (χ3n) is 10.6. The second kappa shape index (κ2) is 54.2. The Morgan fingerprint density at radius 2 is 0.582 bits per heavy atom. The Balaban J connectivity index is 4.57. The van der Waals surface area contributed by atoms with E-state index in [1.807, 2.05) is 0 Å². The van der Waals surface area contributed by atoms with Crippen LogP contribution in [-0.2, 0) is 28.6 Å². The topological polar surface area (TPSA) is 78.9 Å². The van der Waals surface area contributed by atoms with Crippen molar-refractivity contribution in [3.8, 4) is 0 Å². The zero-order valence-corrected chi connectivity index (χ0v) is 42.9. The normalized spacial score (nSPS) is 13.2. The Morgan fingerprint density at radius 3 is 0.955 bits per heavy atom. The van der Waals surface area contributed by atoms with Crippen LogP contribution >= 0.6 is 0 Å². The SMILES string of the molecule is CC/C=C\C/C=C\C/C=C\C/C=C\CCCCC(=O)OC[C@H](COC(=O)CCCCCCC/C=C\C/C=C\C/C=C\CC)OC(=O)CCCCC/C=C\C/C=C\C/C=C\C/C=C\CCCCC. The van der Waals surface area contributed by atoms with Crippen LogP contribution in [0.1, 0.15) is 213 Å². The molecule has 67 heavy (non-hydrogen) atoms. The molecular weight excluding hydrogens is 829 g/mol. The molecule has 0 saturated carbocycles. The van der Waals surface area contributed by atoms with Crippen LogP contribution in [0.25, 0.3) is 0 Å². The van der Waals surface area contributed by atoms with E-state index in [4.69, 9.17) is 14.2 Å². The van der Waals surface area contributed by atoms with Crippen LogP contribution in [-0.4, -0.2) is 37.2 Å². The van der Waals surface area contributed by atoms with E-state index in [-0.39, 0.29) is 44.0 Å². The van der Waals surface area contributed by atoms with Gasteiger partial charge in [-0.3, -0.25) is 14.4 Å². The summed E-state index contributed by atoms with van der Waals surface area (Å²) >= 11 is 0. The van der Waals surface area contributed by atoms with Gasteiger partial charge < -0.3 is 14.2 Å². The van der Waals surface area contributed by atoms with E-state index in [1.54, 1.807) is 0 Å². The molecule has 0 amide bonds. The third kappa shape index (κ3) is 52.4. The smallest absolute Gasteiger partial charge is 0.306 e. The van der Waals surface area contributed by atoms with Crippen molar-refractivity contribution in [2.75, 3.05) is 13.2 Å². The van der Waals surface area contributed by atoms with Gasteiger partial charge >= 0.3 is 17.9 Å². The van der Waals surface area contributed by atoms with Crippen LogP contribution in [0.2, 0.25) is 0 Å². The van der Waals surface area contributed by atoms with Crippen molar-refractivity contribution in [3.05, 3.63) is 134 Å². The van der Waals surface area contributed by atoms with Crippen LogP contribution < -0.4 is 0 Å². The largest absolute Gasteiger partial charge is 0.462 e. The van der Waals surface area contributed by atoms with Gasteiger partial charge in [-0.2, -0.15) is 0 Å². The highest BCUT2D eigenvalue weighted by Crippen LogP contribution is 2.12. The molecule has 0 aliphatic rings. The summed E-state index contributed by atoms with van der Waals surface area (Å²) in [7, 11) is 0. The van der Waals surface area contributed by atoms with Crippen LogP contribution in [0.15, 0.2) is 134 Å². The van der Waals surface area contributed by atoms with Gasteiger partial charge in [-0.1, -0.05) is 193 Å². The first-order valence-electron chi connectivity index (χ1n) is 26.7. The minimum Gasteiger partial charge on any atom is -0.462 e. The summed E-state index contributed by atoms with van der Waals surface area (Å²) in [5.74, 6) is -1.02. The van der Waals surface area contributed by atoms with E-state index in [1.165, 1.54) is 25.7 Å². The Hall–Kier alpha value is -4.45. The molecule has 0 saturated heterocycles. The highest BCUT2D eigenvalue weighted by Gasteiger charge is 2.19. The number of hydrogen-bond donors (Lipinski definition) is 0.